The van der Waals surface area contributed by atoms with Gasteiger partial charge in [-0.3, -0.25) is 5.41 Å². The number of hydrogen-bond acceptors (Lipinski definition) is 7. The standard InChI is InChI=1S/C28H38N8S2/c1-35(34-37-2)15-4-3-10-27-31-22-13-11-20(17-23(22)32-27)7-5-8-21-12-14-26(38-21)24-18-30-28(33-24)25-9-6-16-36(25)19-29/h11-14,17-19,25,29,34H,3-10,15-16H2,1-2H3,(H,30,33)(H,31,32)/t25-/m0/s1. The molecule has 38 heavy (non-hydrogen) atoms. The number of H-pyrrole nitrogens is 2. The van der Waals surface area contributed by atoms with Crippen molar-refractivity contribution in [1.29, 1.82) is 5.41 Å². The maximum absolute atomic E-state index is 7.63. The van der Waals surface area contributed by atoms with Crippen LogP contribution >= 0.6 is 23.3 Å². The van der Waals surface area contributed by atoms with Crippen LogP contribution in [0.5, 0.6) is 0 Å². The molecule has 0 amide bonds. The molecule has 0 spiro atoms. The topological polar surface area (TPSA) is 99.7 Å². The fourth-order valence-corrected chi connectivity index (χ4v) is 6.64. The third-order valence-electron chi connectivity index (χ3n) is 7.19. The van der Waals surface area contributed by atoms with E-state index in [4.69, 9.17) is 10.4 Å². The first-order valence-corrected chi connectivity index (χ1v) is 15.5. The third kappa shape index (κ3) is 6.66. The van der Waals surface area contributed by atoms with Crippen LogP contribution in [-0.2, 0) is 19.3 Å². The number of aromatic nitrogens is 4. The lowest BCUT2D eigenvalue weighted by Gasteiger charge is -2.18. The molecule has 1 saturated heterocycles. The molecule has 3 aromatic heterocycles. The fourth-order valence-electron chi connectivity index (χ4n) is 5.22. The normalized spacial score (nSPS) is 15.8. The number of benzene rings is 1. The quantitative estimate of drug-likeness (QED) is 0.0507. The molecule has 1 aliphatic rings. The molecule has 0 unspecified atom stereocenters. The van der Waals surface area contributed by atoms with Crippen LogP contribution in [0.1, 0.15) is 60.2 Å². The van der Waals surface area contributed by atoms with Gasteiger partial charge in [-0.15, -0.1) is 11.3 Å². The Kier molecular flexibility index (Phi) is 9.16. The first kappa shape index (κ1) is 26.9. The maximum Gasteiger partial charge on any atom is 0.129 e. The smallest absolute Gasteiger partial charge is 0.129 e. The Morgan fingerprint density at radius 1 is 1.18 bits per heavy atom. The molecule has 0 radical (unpaired) electrons. The molecule has 4 heterocycles. The van der Waals surface area contributed by atoms with Gasteiger partial charge in [0.15, 0.2) is 0 Å². The molecule has 10 heteroatoms. The predicted molar refractivity (Wildman–Crippen MR) is 160 cm³/mol. The van der Waals surface area contributed by atoms with Crippen LogP contribution in [0.25, 0.3) is 21.6 Å². The molecule has 1 fully saturated rings. The molecular weight excluding hydrogens is 512 g/mol. The minimum atomic E-state index is 0.207. The summed E-state index contributed by atoms with van der Waals surface area (Å²) in [5.41, 5.74) is 4.65. The average molecular weight is 551 g/mol. The number of aromatic amines is 2. The molecule has 4 N–H and O–H groups in total. The maximum atomic E-state index is 7.63. The Balaban J connectivity index is 1.10. The lowest BCUT2D eigenvalue weighted by molar-refractivity contribution is 0.303. The van der Waals surface area contributed by atoms with Gasteiger partial charge in [0.1, 0.15) is 11.6 Å². The van der Waals surface area contributed by atoms with E-state index >= 15 is 0 Å². The van der Waals surface area contributed by atoms with E-state index in [0.717, 1.165) is 92.8 Å². The molecule has 0 aliphatic carbocycles. The van der Waals surface area contributed by atoms with Crippen molar-refractivity contribution in [1.82, 2.24) is 34.7 Å². The van der Waals surface area contributed by atoms with Crippen LogP contribution in [0.3, 0.4) is 0 Å². The third-order valence-corrected chi connectivity index (χ3v) is 8.86. The number of likely N-dealkylation sites (tertiary alicyclic amines) is 1. The second kappa shape index (κ2) is 12.9. The minimum Gasteiger partial charge on any atom is -0.353 e. The zero-order valence-electron chi connectivity index (χ0n) is 22.3. The summed E-state index contributed by atoms with van der Waals surface area (Å²) in [4.78, 5) is 24.4. The number of imidazole rings is 2. The van der Waals surface area contributed by atoms with E-state index in [1.807, 2.05) is 23.8 Å². The van der Waals surface area contributed by atoms with E-state index in [0.29, 0.717) is 0 Å². The van der Waals surface area contributed by atoms with Crippen LogP contribution in [0, 0.1) is 5.41 Å². The summed E-state index contributed by atoms with van der Waals surface area (Å²) >= 11 is 3.47. The van der Waals surface area contributed by atoms with E-state index < -0.39 is 0 Å². The SMILES string of the molecule is CSNN(C)CCCCc1nc2ccc(CCCc3ccc(-c4cnc([C@@H]5CCCN5C=N)[nH]4)s3)cc2[nH]1. The van der Waals surface area contributed by atoms with Crippen molar-refractivity contribution < 1.29 is 0 Å². The van der Waals surface area contributed by atoms with Crippen molar-refractivity contribution in [3.63, 3.8) is 0 Å². The van der Waals surface area contributed by atoms with Crippen LogP contribution < -0.4 is 4.83 Å². The van der Waals surface area contributed by atoms with E-state index in [1.165, 1.54) is 21.7 Å². The minimum absolute atomic E-state index is 0.207. The van der Waals surface area contributed by atoms with Crippen LogP contribution in [-0.4, -0.2) is 62.6 Å². The zero-order chi connectivity index (χ0) is 26.3. The summed E-state index contributed by atoms with van der Waals surface area (Å²) in [6.07, 6.45) is 14.1. The predicted octanol–water partition coefficient (Wildman–Crippen LogP) is 5.97. The molecule has 1 atom stereocenters. The number of hydrogen-bond donors (Lipinski definition) is 4. The summed E-state index contributed by atoms with van der Waals surface area (Å²) in [5, 5.41) is 9.76. The van der Waals surface area contributed by atoms with Crippen molar-refractivity contribution in [2.45, 2.75) is 57.4 Å². The van der Waals surface area contributed by atoms with Crippen molar-refractivity contribution in [3.05, 3.63) is 58.6 Å². The Labute approximate surface area is 233 Å². The van der Waals surface area contributed by atoms with Crippen molar-refractivity contribution >= 4 is 40.7 Å². The van der Waals surface area contributed by atoms with Crippen LogP contribution in [0.4, 0.5) is 0 Å². The van der Waals surface area contributed by atoms with Gasteiger partial charge in [-0.2, -0.15) is 4.83 Å². The van der Waals surface area contributed by atoms with Gasteiger partial charge in [0.2, 0.25) is 0 Å². The number of hydrazine groups is 1. The summed E-state index contributed by atoms with van der Waals surface area (Å²) in [5.74, 6) is 2.06. The Bertz CT molecular complexity index is 1330. The first-order valence-electron chi connectivity index (χ1n) is 13.5. The highest BCUT2D eigenvalue weighted by Crippen LogP contribution is 2.32. The van der Waals surface area contributed by atoms with Crippen molar-refractivity contribution in [2.24, 2.45) is 0 Å². The van der Waals surface area contributed by atoms with Gasteiger partial charge in [0, 0.05) is 31.4 Å². The van der Waals surface area contributed by atoms with Crippen LogP contribution in [0.2, 0.25) is 0 Å². The number of thiophene rings is 1. The van der Waals surface area contributed by atoms with Crippen LogP contribution in [0.15, 0.2) is 36.5 Å². The Morgan fingerprint density at radius 3 is 2.97 bits per heavy atom. The Hall–Kier alpha value is -2.66. The highest BCUT2D eigenvalue weighted by molar-refractivity contribution is 7.96. The first-order chi connectivity index (χ1) is 18.6. The van der Waals surface area contributed by atoms with E-state index in [9.17, 15) is 0 Å². The molecule has 4 aromatic rings. The number of fused-ring (bicyclic) bond motifs is 1. The van der Waals surface area contributed by atoms with Crippen molar-refractivity contribution in [3.8, 4) is 10.6 Å². The molecule has 5 rings (SSSR count). The number of rotatable bonds is 14. The summed E-state index contributed by atoms with van der Waals surface area (Å²) in [6.45, 7) is 1.97. The van der Waals surface area contributed by atoms with E-state index in [1.54, 1.807) is 11.9 Å². The van der Waals surface area contributed by atoms with Gasteiger partial charge >= 0.3 is 0 Å². The molecule has 202 valence electrons. The monoisotopic (exact) mass is 550 g/mol. The summed E-state index contributed by atoms with van der Waals surface area (Å²) in [7, 11) is 2.08. The van der Waals surface area contributed by atoms with Gasteiger partial charge in [-0.1, -0.05) is 18.0 Å². The van der Waals surface area contributed by atoms with Gasteiger partial charge in [-0.05, 0) is 81.0 Å². The summed E-state index contributed by atoms with van der Waals surface area (Å²) < 4.78 is 0. The molecule has 1 aliphatic heterocycles. The number of nitrogens with zero attached hydrogens (tertiary/aromatic N) is 4. The van der Waals surface area contributed by atoms with Gasteiger partial charge in [0.05, 0.1) is 40.2 Å². The average Bonchev–Trinajstić information content (AvgIpc) is 3.71. The fraction of sp³-hybridized carbons (Fsp3) is 0.464. The van der Waals surface area contributed by atoms with E-state index in [-0.39, 0.29) is 6.04 Å². The van der Waals surface area contributed by atoms with E-state index in [2.05, 4.69) is 67.1 Å². The van der Waals surface area contributed by atoms with Crippen molar-refractivity contribution in [2.75, 3.05) is 26.4 Å². The number of aryl methyl sites for hydroxylation is 3. The van der Waals surface area contributed by atoms with Gasteiger partial charge in [-0.25, -0.2) is 15.0 Å². The molecule has 1 aromatic carbocycles. The molecule has 8 nitrogen and oxygen atoms in total. The highest BCUT2D eigenvalue weighted by Gasteiger charge is 2.26. The Morgan fingerprint density at radius 2 is 2.11 bits per heavy atom. The second-order valence-electron chi connectivity index (χ2n) is 10.0. The molecular formula is C28H38N8S2. The lowest BCUT2D eigenvalue weighted by atomic mass is 10.1. The second-order valence-corrected chi connectivity index (χ2v) is 11.8. The lowest BCUT2D eigenvalue weighted by Crippen LogP contribution is -2.29. The van der Waals surface area contributed by atoms with Gasteiger partial charge in [0.25, 0.3) is 0 Å². The molecule has 0 saturated carbocycles. The van der Waals surface area contributed by atoms with Gasteiger partial charge < -0.3 is 14.9 Å². The largest absolute Gasteiger partial charge is 0.353 e. The molecule has 0 bridgehead atoms. The highest BCUT2D eigenvalue weighted by atomic mass is 32.2. The summed E-state index contributed by atoms with van der Waals surface area (Å²) in [6, 6.07) is 11.3. The number of unbranched alkanes of at least 4 members (excludes halogenated alkanes) is 1. The number of nitrogens with one attached hydrogen (secondary N) is 4. The zero-order valence-corrected chi connectivity index (χ0v) is 23.9.